The van der Waals surface area contributed by atoms with E-state index in [0.717, 1.165) is 42.6 Å². The SMILES string of the molecule is C=CCn1c(SCC(=O)Nc2sc3c(c2C(=O)OCC)CCCC3)nnc1-c1ccc(C(C)(C)C)cc1. The summed E-state index contributed by atoms with van der Waals surface area (Å²) in [6.45, 7) is 13.0. The van der Waals surface area contributed by atoms with Crippen molar-refractivity contribution in [2.24, 2.45) is 0 Å². The van der Waals surface area contributed by atoms with E-state index in [9.17, 15) is 9.59 Å². The van der Waals surface area contributed by atoms with Crippen molar-refractivity contribution in [3.05, 3.63) is 58.5 Å². The Balaban J connectivity index is 1.50. The minimum absolute atomic E-state index is 0.0661. The van der Waals surface area contributed by atoms with Crippen molar-refractivity contribution in [3.63, 3.8) is 0 Å². The molecule has 2 aromatic heterocycles. The first kappa shape index (κ1) is 27.1. The Bertz CT molecular complexity index is 1290. The van der Waals surface area contributed by atoms with Crippen LogP contribution in [0, 0.1) is 0 Å². The molecule has 0 aliphatic heterocycles. The van der Waals surface area contributed by atoms with Gasteiger partial charge in [0.25, 0.3) is 0 Å². The van der Waals surface area contributed by atoms with Gasteiger partial charge < -0.3 is 10.1 Å². The van der Waals surface area contributed by atoms with Gasteiger partial charge in [-0.05, 0) is 49.1 Å². The van der Waals surface area contributed by atoms with Crippen LogP contribution in [-0.4, -0.2) is 39.0 Å². The number of thioether (sulfide) groups is 1. The van der Waals surface area contributed by atoms with Crippen molar-refractivity contribution in [2.75, 3.05) is 17.7 Å². The highest BCUT2D eigenvalue weighted by atomic mass is 32.2. The smallest absolute Gasteiger partial charge is 0.341 e. The fraction of sp³-hybridized carbons (Fsp3) is 0.429. The van der Waals surface area contributed by atoms with Crippen LogP contribution in [0.2, 0.25) is 0 Å². The van der Waals surface area contributed by atoms with E-state index in [0.29, 0.717) is 28.9 Å². The molecule has 1 aliphatic rings. The number of esters is 1. The second-order valence-corrected chi connectivity index (χ2v) is 12.1. The predicted octanol–water partition coefficient (Wildman–Crippen LogP) is 6.28. The number of ether oxygens (including phenoxy) is 1. The second kappa shape index (κ2) is 11.6. The summed E-state index contributed by atoms with van der Waals surface area (Å²) >= 11 is 2.81. The molecular weight excluding hydrogens is 504 g/mol. The molecule has 7 nitrogen and oxygen atoms in total. The van der Waals surface area contributed by atoms with Gasteiger partial charge in [0.05, 0.1) is 17.9 Å². The van der Waals surface area contributed by atoms with Crippen molar-refractivity contribution in [1.29, 1.82) is 0 Å². The van der Waals surface area contributed by atoms with Crippen molar-refractivity contribution in [2.45, 2.75) is 70.5 Å². The molecule has 0 spiro atoms. The summed E-state index contributed by atoms with van der Waals surface area (Å²) in [6, 6.07) is 8.34. The zero-order valence-corrected chi connectivity index (χ0v) is 23.6. The molecule has 1 aromatic carbocycles. The minimum Gasteiger partial charge on any atom is -0.462 e. The number of allylic oxidation sites excluding steroid dienone is 1. The Morgan fingerprint density at radius 3 is 2.59 bits per heavy atom. The lowest BCUT2D eigenvalue weighted by molar-refractivity contribution is -0.113. The topological polar surface area (TPSA) is 86.1 Å². The number of aryl methyl sites for hydroxylation is 1. The molecule has 9 heteroatoms. The first-order chi connectivity index (χ1) is 17.7. The Morgan fingerprint density at radius 2 is 1.92 bits per heavy atom. The Labute approximate surface area is 226 Å². The molecule has 1 amide bonds. The molecule has 4 rings (SSSR count). The van der Waals surface area contributed by atoms with Gasteiger partial charge in [0.1, 0.15) is 5.00 Å². The summed E-state index contributed by atoms with van der Waals surface area (Å²) < 4.78 is 7.26. The zero-order chi connectivity index (χ0) is 26.6. The molecule has 0 bridgehead atoms. The Hall–Kier alpha value is -2.91. The van der Waals surface area contributed by atoms with Gasteiger partial charge in [-0.3, -0.25) is 9.36 Å². The van der Waals surface area contributed by atoms with Gasteiger partial charge in [-0.15, -0.1) is 28.1 Å². The van der Waals surface area contributed by atoms with Crippen LogP contribution in [0.3, 0.4) is 0 Å². The van der Waals surface area contributed by atoms with Gasteiger partial charge in [-0.25, -0.2) is 4.79 Å². The van der Waals surface area contributed by atoms with Crippen LogP contribution in [0.1, 0.15) is 66.9 Å². The number of rotatable bonds is 9. The number of anilines is 1. The normalized spacial score (nSPS) is 13.2. The van der Waals surface area contributed by atoms with E-state index in [1.165, 1.54) is 33.5 Å². The molecule has 3 aromatic rings. The summed E-state index contributed by atoms with van der Waals surface area (Å²) in [5.74, 6) is 0.318. The molecule has 196 valence electrons. The maximum Gasteiger partial charge on any atom is 0.341 e. The van der Waals surface area contributed by atoms with E-state index in [1.807, 2.05) is 4.57 Å². The molecule has 0 saturated heterocycles. The van der Waals surface area contributed by atoms with Gasteiger partial charge in [0.15, 0.2) is 11.0 Å². The van der Waals surface area contributed by atoms with Crippen molar-refractivity contribution >= 4 is 40.0 Å². The fourth-order valence-electron chi connectivity index (χ4n) is 4.39. The average Bonchev–Trinajstić information content (AvgIpc) is 3.43. The molecule has 2 heterocycles. The van der Waals surface area contributed by atoms with Crippen molar-refractivity contribution in [1.82, 2.24) is 14.8 Å². The lowest BCUT2D eigenvalue weighted by atomic mass is 9.87. The monoisotopic (exact) mass is 538 g/mol. The summed E-state index contributed by atoms with van der Waals surface area (Å²) in [7, 11) is 0. The molecular formula is C28H34N4O3S2. The molecule has 0 radical (unpaired) electrons. The van der Waals surface area contributed by atoms with Crippen LogP contribution in [0.25, 0.3) is 11.4 Å². The van der Waals surface area contributed by atoms with Crippen LogP contribution in [-0.2, 0) is 34.3 Å². The van der Waals surface area contributed by atoms with E-state index in [-0.39, 0.29) is 23.0 Å². The average molecular weight is 539 g/mol. The number of amides is 1. The quantitative estimate of drug-likeness (QED) is 0.196. The summed E-state index contributed by atoms with van der Waals surface area (Å²) in [6.07, 6.45) is 5.71. The van der Waals surface area contributed by atoms with Crippen LogP contribution in [0.5, 0.6) is 0 Å². The van der Waals surface area contributed by atoms with E-state index < -0.39 is 0 Å². The van der Waals surface area contributed by atoms with Crippen LogP contribution in [0.4, 0.5) is 5.00 Å². The number of thiophene rings is 1. The Kier molecular flexibility index (Phi) is 8.54. The van der Waals surface area contributed by atoms with Crippen LogP contribution in [0.15, 0.2) is 42.1 Å². The third-order valence-corrected chi connectivity index (χ3v) is 8.45. The molecule has 37 heavy (non-hydrogen) atoms. The predicted molar refractivity (Wildman–Crippen MR) is 151 cm³/mol. The number of carbonyl (C=O) groups excluding carboxylic acids is 2. The standard InChI is InChI=1S/C28H34N4O3S2/c1-6-16-32-24(18-12-14-19(15-13-18)28(3,4)5)30-31-27(32)36-17-22(33)29-25-23(26(34)35-7-2)20-10-8-9-11-21(20)37-25/h6,12-15H,1,7-11,16-17H2,2-5H3,(H,29,33). The largest absolute Gasteiger partial charge is 0.462 e. The van der Waals surface area contributed by atoms with E-state index in [1.54, 1.807) is 13.0 Å². The highest BCUT2D eigenvalue weighted by Crippen LogP contribution is 2.39. The number of benzene rings is 1. The maximum atomic E-state index is 13.0. The first-order valence-electron chi connectivity index (χ1n) is 12.6. The highest BCUT2D eigenvalue weighted by molar-refractivity contribution is 7.99. The van der Waals surface area contributed by atoms with Crippen LogP contribution < -0.4 is 5.32 Å². The lowest BCUT2D eigenvalue weighted by Gasteiger charge is -2.19. The van der Waals surface area contributed by atoms with E-state index in [4.69, 9.17) is 4.74 Å². The van der Waals surface area contributed by atoms with Gasteiger partial charge in [0.2, 0.25) is 5.91 Å². The van der Waals surface area contributed by atoms with Gasteiger partial charge in [0, 0.05) is 17.0 Å². The van der Waals surface area contributed by atoms with Gasteiger partial charge in [-0.2, -0.15) is 0 Å². The van der Waals surface area contributed by atoms with Gasteiger partial charge >= 0.3 is 5.97 Å². The first-order valence-corrected chi connectivity index (χ1v) is 14.4. The number of hydrogen-bond acceptors (Lipinski definition) is 7. The minimum atomic E-state index is -0.363. The maximum absolute atomic E-state index is 13.0. The third-order valence-electron chi connectivity index (χ3n) is 6.27. The third kappa shape index (κ3) is 6.15. The molecule has 0 fully saturated rings. The zero-order valence-electron chi connectivity index (χ0n) is 21.9. The number of hydrogen-bond donors (Lipinski definition) is 1. The molecule has 1 N–H and O–H groups in total. The van der Waals surface area contributed by atoms with Gasteiger partial charge in [-0.1, -0.05) is 62.9 Å². The highest BCUT2D eigenvalue weighted by Gasteiger charge is 2.27. The number of carbonyl (C=O) groups is 2. The van der Waals surface area contributed by atoms with E-state index in [2.05, 4.69) is 67.1 Å². The number of aromatic nitrogens is 3. The van der Waals surface area contributed by atoms with Crippen molar-refractivity contribution < 1.29 is 14.3 Å². The molecule has 1 aliphatic carbocycles. The van der Waals surface area contributed by atoms with E-state index >= 15 is 0 Å². The summed E-state index contributed by atoms with van der Waals surface area (Å²) in [5, 5.41) is 13.0. The second-order valence-electron chi connectivity index (χ2n) is 10.0. The number of fused-ring (bicyclic) bond motifs is 1. The fourth-order valence-corrected chi connectivity index (χ4v) is 6.43. The molecule has 0 unspecified atom stereocenters. The number of nitrogens with zero attached hydrogens (tertiary/aromatic N) is 3. The molecule has 0 atom stereocenters. The molecule has 0 saturated carbocycles. The number of nitrogens with one attached hydrogen (secondary N) is 1. The lowest BCUT2D eigenvalue weighted by Crippen LogP contribution is -2.17. The van der Waals surface area contributed by atoms with Crippen LogP contribution >= 0.6 is 23.1 Å². The van der Waals surface area contributed by atoms with Crippen molar-refractivity contribution in [3.8, 4) is 11.4 Å². The Morgan fingerprint density at radius 1 is 1.19 bits per heavy atom. The summed E-state index contributed by atoms with van der Waals surface area (Å²) in [4.78, 5) is 26.8. The summed E-state index contributed by atoms with van der Waals surface area (Å²) in [5.41, 5.74) is 3.83.